The second-order valence-corrected chi connectivity index (χ2v) is 7.61. The number of carbonyl (C=O) groups is 1. The van der Waals surface area contributed by atoms with Crippen molar-refractivity contribution in [2.45, 2.75) is 29.1 Å². The summed E-state index contributed by atoms with van der Waals surface area (Å²) in [5.74, 6) is 0.717. The largest absolute Gasteiger partial charge is 1.00 e. The number of hydrogen-bond acceptors (Lipinski definition) is 3. The predicted molar refractivity (Wildman–Crippen MR) is 99.8 cm³/mol. The van der Waals surface area contributed by atoms with Crippen LogP contribution in [0.2, 0.25) is 0 Å². The molecule has 2 aromatic rings. The molecule has 0 saturated carbocycles. The predicted octanol–water partition coefficient (Wildman–Crippen LogP) is -0.533. The number of amides is 2. The molecule has 1 saturated heterocycles. The topological polar surface area (TPSA) is 49.7 Å². The number of benzene rings is 1. The van der Waals surface area contributed by atoms with Crippen molar-refractivity contribution in [3.05, 3.63) is 42.6 Å². The quantitative estimate of drug-likeness (QED) is 0.740. The van der Waals surface area contributed by atoms with Crippen molar-refractivity contribution in [2.24, 2.45) is 0 Å². The number of fused-ring (bicyclic) bond motifs is 2. The number of anilines is 2. The molecule has 0 radical (unpaired) electrons. The number of aromatic nitrogens is 1. The van der Waals surface area contributed by atoms with Gasteiger partial charge in [0.05, 0.1) is 36.8 Å². The van der Waals surface area contributed by atoms with E-state index in [9.17, 15) is 4.79 Å². The fraction of sp³-hybridized carbons (Fsp3) is 0.368. The van der Waals surface area contributed by atoms with Crippen LogP contribution in [0, 0.1) is 0 Å². The maximum atomic E-state index is 12.9. The maximum Gasteiger partial charge on any atom is 0.327 e. The van der Waals surface area contributed by atoms with Gasteiger partial charge in [0.2, 0.25) is 0 Å². The van der Waals surface area contributed by atoms with Gasteiger partial charge >= 0.3 is 6.03 Å². The maximum absolute atomic E-state index is 12.9. The summed E-state index contributed by atoms with van der Waals surface area (Å²) >= 11 is 1.66. The number of hydrogen-bond donors (Lipinski definition) is 2. The zero-order valence-electron chi connectivity index (χ0n) is 14.6. The average molecular weight is 391 g/mol. The number of piperidine rings is 1. The summed E-state index contributed by atoms with van der Waals surface area (Å²) in [4.78, 5) is 22.8. The molecule has 4 rings (SSSR count). The third kappa shape index (κ3) is 3.98. The molecule has 2 N–H and O–H groups in total. The van der Waals surface area contributed by atoms with Crippen LogP contribution in [0.15, 0.2) is 52.4 Å². The lowest BCUT2D eigenvalue weighted by molar-refractivity contribution is -0.903. The van der Waals surface area contributed by atoms with Crippen molar-refractivity contribution in [1.29, 1.82) is 0 Å². The molecule has 2 amide bonds. The van der Waals surface area contributed by atoms with Crippen LogP contribution in [-0.4, -0.2) is 37.2 Å². The highest BCUT2D eigenvalue weighted by molar-refractivity contribution is 7.99. The molecule has 7 heteroatoms. The van der Waals surface area contributed by atoms with Crippen molar-refractivity contribution in [3.8, 4) is 0 Å². The van der Waals surface area contributed by atoms with Crippen LogP contribution >= 0.6 is 11.8 Å². The fourth-order valence-electron chi connectivity index (χ4n) is 3.52. The van der Waals surface area contributed by atoms with Gasteiger partial charge in [-0.3, -0.25) is 0 Å². The summed E-state index contributed by atoms with van der Waals surface area (Å²) in [6.07, 6.45) is 5.70. The second-order valence-electron chi connectivity index (χ2n) is 6.52. The lowest BCUT2D eigenvalue weighted by Crippen LogP contribution is -3.13. The number of nitrogens with zero attached hydrogens (tertiary/aromatic N) is 2. The van der Waals surface area contributed by atoms with Crippen LogP contribution in [0.1, 0.15) is 19.3 Å². The van der Waals surface area contributed by atoms with Crippen molar-refractivity contribution < 1.29 is 22.1 Å². The van der Waals surface area contributed by atoms with Gasteiger partial charge in [-0.15, -0.1) is 0 Å². The number of nitrogens with one attached hydrogen (secondary N) is 2. The first-order valence-electron chi connectivity index (χ1n) is 8.96. The summed E-state index contributed by atoms with van der Waals surface area (Å²) in [6.45, 7) is 4.14. The molecule has 138 valence electrons. The van der Waals surface area contributed by atoms with Gasteiger partial charge in [-0.05, 0) is 43.5 Å². The van der Waals surface area contributed by atoms with Crippen molar-refractivity contribution in [2.75, 3.05) is 31.1 Å². The number of quaternary nitrogens is 1. The third-order valence-corrected chi connectivity index (χ3v) is 5.91. The normalized spacial score (nSPS) is 16.2. The SMILES string of the molecule is O=C(NCC[NH+]1CCCCC1)N1c2ccccc2Sc2cccnc21.[Cl-]. The Bertz CT molecular complexity index is 721. The van der Waals surface area contributed by atoms with Crippen LogP contribution in [0.3, 0.4) is 0 Å². The summed E-state index contributed by atoms with van der Waals surface area (Å²) < 4.78 is 0. The molecule has 0 aliphatic carbocycles. The number of rotatable bonds is 3. The minimum Gasteiger partial charge on any atom is -1.00 e. The Morgan fingerprint density at radius 1 is 1.12 bits per heavy atom. The summed E-state index contributed by atoms with van der Waals surface area (Å²) in [5, 5.41) is 3.10. The van der Waals surface area contributed by atoms with E-state index in [1.807, 2.05) is 36.4 Å². The van der Waals surface area contributed by atoms with E-state index in [-0.39, 0.29) is 18.4 Å². The van der Waals surface area contributed by atoms with E-state index in [1.165, 1.54) is 32.4 Å². The molecule has 26 heavy (non-hydrogen) atoms. The van der Waals surface area contributed by atoms with E-state index in [1.54, 1.807) is 27.8 Å². The van der Waals surface area contributed by atoms with E-state index in [0.29, 0.717) is 12.4 Å². The van der Waals surface area contributed by atoms with E-state index in [4.69, 9.17) is 0 Å². The van der Waals surface area contributed by atoms with Gasteiger partial charge in [0.1, 0.15) is 0 Å². The molecule has 1 aromatic carbocycles. The van der Waals surface area contributed by atoms with Crippen LogP contribution in [0.25, 0.3) is 0 Å². The molecule has 5 nitrogen and oxygen atoms in total. The number of carbonyl (C=O) groups excluding carboxylic acids is 1. The van der Waals surface area contributed by atoms with Gasteiger partial charge in [-0.1, -0.05) is 23.9 Å². The Hall–Kier alpha value is -1.76. The smallest absolute Gasteiger partial charge is 0.327 e. The van der Waals surface area contributed by atoms with Crippen LogP contribution in [-0.2, 0) is 0 Å². The fourth-order valence-corrected chi connectivity index (χ4v) is 4.55. The Morgan fingerprint density at radius 3 is 2.73 bits per heavy atom. The number of para-hydroxylation sites is 1. The minimum atomic E-state index is -0.0934. The van der Waals surface area contributed by atoms with Gasteiger partial charge in [0.15, 0.2) is 5.82 Å². The van der Waals surface area contributed by atoms with E-state index in [0.717, 1.165) is 22.0 Å². The number of pyridine rings is 1. The monoisotopic (exact) mass is 390 g/mol. The lowest BCUT2D eigenvalue weighted by Gasteiger charge is -2.30. The highest BCUT2D eigenvalue weighted by Crippen LogP contribution is 2.46. The molecular formula is C19H23ClN4OS. The molecule has 0 spiro atoms. The van der Waals surface area contributed by atoms with Crippen molar-refractivity contribution in [1.82, 2.24) is 10.3 Å². The molecule has 0 bridgehead atoms. The van der Waals surface area contributed by atoms with Crippen LogP contribution < -0.4 is 27.5 Å². The summed E-state index contributed by atoms with van der Waals surface area (Å²) in [7, 11) is 0. The average Bonchev–Trinajstić information content (AvgIpc) is 2.66. The van der Waals surface area contributed by atoms with Crippen LogP contribution in [0.4, 0.5) is 16.3 Å². The molecule has 2 aliphatic heterocycles. The first-order chi connectivity index (χ1) is 12.3. The molecule has 2 aliphatic rings. The number of urea groups is 1. The first-order valence-corrected chi connectivity index (χ1v) is 9.78. The molecule has 1 fully saturated rings. The van der Waals surface area contributed by atoms with Gasteiger partial charge in [0.25, 0.3) is 0 Å². The Labute approximate surface area is 164 Å². The van der Waals surface area contributed by atoms with E-state index < -0.39 is 0 Å². The first kappa shape index (κ1) is 19.0. The number of likely N-dealkylation sites (tertiary alicyclic amines) is 1. The van der Waals surface area contributed by atoms with Gasteiger partial charge in [-0.25, -0.2) is 14.7 Å². The van der Waals surface area contributed by atoms with E-state index >= 15 is 0 Å². The van der Waals surface area contributed by atoms with Crippen molar-refractivity contribution >= 4 is 29.3 Å². The Morgan fingerprint density at radius 2 is 1.88 bits per heavy atom. The Kier molecular flexibility index (Phi) is 6.40. The van der Waals surface area contributed by atoms with Gasteiger partial charge in [-0.2, -0.15) is 0 Å². The highest BCUT2D eigenvalue weighted by atomic mass is 35.5. The molecule has 1 aromatic heterocycles. The molecule has 0 atom stereocenters. The lowest BCUT2D eigenvalue weighted by atomic mass is 10.1. The summed E-state index contributed by atoms with van der Waals surface area (Å²) in [6, 6.07) is 11.8. The van der Waals surface area contributed by atoms with E-state index in [2.05, 4.69) is 10.3 Å². The second kappa shape index (κ2) is 8.75. The van der Waals surface area contributed by atoms with Gasteiger partial charge in [0, 0.05) is 11.1 Å². The molecule has 0 unspecified atom stereocenters. The Balaban J connectivity index is 0.00000196. The zero-order valence-corrected chi connectivity index (χ0v) is 16.2. The highest BCUT2D eigenvalue weighted by Gasteiger charge is 2.29. The summed E-state index contributed by atoms with van der Waals surface area (Å²) in [5.41, 5.74) is 0.904. The van der Waals surface area contributed by atoms with Gasteiger partial charge < -0.3 is 22.6 Å². The van der Waals surface area contributed by atoms with Crippen LogP contribution in [0.5, 0.6) is 0 Å². The molecular weight excluding hydrogens is 368 g/mol. The van der Waals surface area contributed by atoms with Crippen molar-refractivity contribution in [3.63, 3.8) is 0 Å². The minimum absolute atomic E-state index is 0. The molecule has 3 heterocycles. The zero-order chi connectivity index (χ0) is 17.1. The third-order valence-electron chi connectivity index (χ3n) is 4.81. The number of halogens is 1. The standard InChI is InChI=1S/C19H22N4OS.ClH/c24-19(21-11-14-22-12-4-1-5-13-22)23-15-7-2-3-8-16(15)25-17-9-6-10-20-18(17)23;/h2-3,6-10H,1,4-5,11-14H2,(H,21,24);1H.